The van der Waals surface area contributed by atoms with Gasteiger partial charge in [0.1, 0.15) is 0 Å². The molecular weight excluding hydrogens is 232 g/mol. The van der Waals surface area contributed by atoms with Crippen molar-refractivity contribution in [3.05, 3.63) is 0 Å². The van der Waals surface area contributed by atoms with Crippen LogP contribution in [0.2, 0.25) is 0 Å². The zero-order valence-corrected chi connectivity index (χ0v) is 12.4. The lowest BCUT2D eigenvalue weighted by Crippen LogP contribution is -2.39. The summed E-state index contributed by atoms with van der Waals surface area (Å²) in [5.74, 6) is -0.0806. The second-order valence-corrected chi connectivity index (χ2v) is 7.08. The van der Waals surface area contributed by atoms with Gasteiger partial charge in [-0.1, -0.05) is 34.6 Å². The Morgan fingerprint density at radius 1 is 1.41 bits per heavy atom. The van der Waals surface area contributed by atoms with Crippen molar-refractivity contribution in [3.63, 3.8) is 0 Å². The SMILES string of the molecule is CCCC(=O)N[C@H](SC(C)(C)C)[C@H](C#N)CC. The molecule has 0 unspecified atom stereocenters. The van der Waals surface area contributed by atoms with E-state index in [9.17, 15) is 4.79 Å². The molecule has 1 amide bonds. The Labute approximate surface area is 109 Å². The van der Waals surface area contributed by atoms with E-state index in [0.29, 0.717) is 6.42 Å². The lowest BCUT2D eigenvalue weighted by Gasteiger charge is -2.29. The highest BCUT2D eigenvalue weighted by Gasteiger charge is 2.27. The van der Waals surface area contributed by atoms with Gasteiger partial charge in [-0.15, -0.1) is 11.8 Å². The molecule has 0 rings (SSSR count). The molecule has 4 heteroatoms. The molecule has 0 heterocycles. The summed E-state index contributed by atoms with van der Waals surface area (Å²) in [6.07, 6.45) is 2.13. The molecule has 3 nitrogen and oxygen atoms in total. The van der Waals surface area contributed by atoms with Gasteiger partial charge in [-0.05, 0) is 12.8 Å². The van der Waals surface area contributed by atoms with Crippen molar-refractivity contribution in [2.45, 2.75) is 64.0 Å². The average molecular weight is 256 g/mol. The number of nitriles is 1. The summed E-state index contributed by atoms with van der Waals surface area (Å²) in [4.78, 5) is 11.6. The fourth-order valence-corrected chi connectivity index (χ4v) is 2.79. The number of thioether (sulfide) groups is 1. The Balaban J connectivity index is 4.62. The molecule has 0 aliphatic rings. The normalized spacial score (nSPS) is 14.8. The van der Waals surface area contributed by atoms with Gasteiger partial charge >= 0.3 is 0 Å². The quantitative estimate of drug-likeness (QED) is 0.742. The van der Waals surface area contributed by atoms with Gasteiger partial charge < -0.3 is 5.32 Å². The molecule has 0 aliphatic carbocycles. The van der Waals surface area contributed by atoms with Crippen molar-refractivity contribution in [1.29, 1.82) is 5.26 Å². The molecule has 1 N–H and O–H groups in total. The van der Waals surface area contributed by atoms with Crippen LogP contribution in [0.25, 0.3) is 0 Å². The van der Waals surface area contributed by atoms with Gasteiger partial charge in [-0.2, -0.15) is 5.26 Å². The second kappa shape index (κ2) is 7.60. The Morgan fingerprint density at radius 2 is 2.00 bits per heavy atom. The number of rotatable bonds is 6. The molecule has 0 aromatic rings. The Hall–Kier alpha value is -0.690. The van der Waals surface area contributed by atoms with Crippen LogP contribution in [-0.4, -0.2) is 16.0 Å². The van der Waals surface area contributed by atoms with Crippen LogP contribution in [0.5, 0.6) is 0 Å². The maximum atomic E-state index is 11.6. The number of hydrogen-bond donors (Lipinski definition) is 1. The third kappa shape index (κ3) is 7.27. The highest BCUT2D eigenvalue weighted by molar-refractivity contribution is 8.01. The third-order valence-corrected chi connectivity index (χ3v) is 3.64. The number of carbonyl (C=O) groups excluding carboxylic acids is 1. The van der Waals surface area contributed by atoms with Gasteiger partial charge in [0.05, 0.1) is 17.4 Å². The molecule has 17 heavy (non-hydrogen) atoms. The smallest absolute Gasteiger partial charge is 0.220 e. The maximum Gasteiger partial charge on any atom is 0.220 e. The Bertz CT molecular complexity index is 278. The summed E-state index contributed by atoms with van der Waals surface area (Å²) < 4.78 is 0.0361. The predicted molar refractivity (Wildman–Crippen MR) is 73.6 cm³/mol. The van der Waals surface area contributed by atoms with E-state index in [1.165, 1.54) is 0 Å². The van der Waals surface area contributed by atoms with E-state index in [0.717, 1.165) is 12.8 Å². The monoisotopic (exact) mass is 256 g/mol. The Morgan fingerprint density at radius 3 is 2.35 bits per heavy atom. The third-order valence-electron chi connectivity index (χ3n) is 2.23. The average Bonchev–Trinajstić information content (AvgIpc) is 2.17. The van der Waals surface area contributed by atoms with E-state index in [2.05, 4.69) is 32.2 Å². The fourth-order valence-electron chi connectivity index (χ4n) is 1.42. The van der Waals surface area contributed by atoms with Gasteiger partial charge in [-0.3, -0.25) is 4.79 Å². The zero-order chi connectivity index (χ0) is 13.5. The van der Waals surface area contributed by atoms with Crippen molar-refractivity contribution < 1.29 is 4.79 Å². The molecule has 98 valence electrons. The van der Waals surface area contributed by atoms with Gasteiger partial charge in [-0.25, -0.2) is 0 Å². The second-order valence-electron chi connectivity index (χ2n) is 5.11. The molecule has 0 spiro atoms. The van der Waals surface area contributed by atoms with Gasteiger partial charge in [0.15, 0.2) is 0 Å². The zero-order valence-electron chi connectivity index (χ0n) is 11.5. The van der Waals surface area contributed by atoms with Crippen molar-refractivity contribution in [2.24, 2.45) is 5.92 Å². The number of hydrogen-bond acceptors (Lipinski definition) is 3. The van der Waals surface area contributed by atoms with E-state index < -0.39 is 0 Å². The summed E-state index contributed by atoms with van der Waals surface area (Å²) >= 11 is 1.66. The van der Waals surface area contributed by atoms with E-state index in [1.807, 2.05) is 13.8 Å². The number of carbonyl (C=O) groups is 1. The van der Waals surface area contributed by atoms with Crippen molar-refractivity contribution in [2.75, 3.05) is 0 Å². The lowest BCUT2D eigenvalue weighted by molar-refractivity contribution is -0.121. The van der Waals surface area contributed by atoms with Crippen LogP contribution in [0, 0.1) is 17.2 Å². The van der Waals surface area contributed by atoms with E-state index in [-0.39, 0.29) is 21.9 Å². The number of amides is 1. The first-order valence-electron chi connectivity index (χ1n) is 6.20. The van der Waals surface area contributed by atoms with E-state index in [1.54, 1.807) is 11.8 Å². The summed E-state index contributed by atoms with van der Waals surface area (Å²) in [6, 6.07) is 2.29. The van der Waals surface area contributed by atoms with Crippen LogP contribution in [0.3, 0.4) is 0 Å². The topological polar surface area (TPSA) is 52.9 Å². The molecule has 2 atom stereocenters. The summed E-state index contributed by atoms with van der Waals surface area (Å²) in [6.45, 7) is 10.3. The lowest BCUT2D eigenvalue weighted by atomic mass is 10.1. The van der Waals surface area contributed by atoms with Crippen LogP contribution in [0.15, 0.2) is 0 Å². The largest absolute Gasteiger partial charge is 0.343 e. The van der Waals surface area contributed by atoms with Gasteiger partial charge in [0.25, 0.3) is 0 Å². The first-order valence-corrected chi connectivity index (χ1v) is 7.08. The summed E-state index contributed by atoms with van der Waals surface area (Å²) in [5.41, 5.74) is 0. The van der Waals surface area contributed by atoms with Crippen LogP contribution in [0.1, 0.15) is 53.9 Å². The van der Waals surface area contributed by atoms with Crippen molar-refractivity contribution in [1.82, 2.24) is 5.32 Å². The minimum atomic E-state index is -0.125. The van der Waals surface area contributed by atoms with Crippen LogP contribution in [0.4, 0.5) is 0 Å². The van der Waals surface area contributed by atoms with Crippen molar-refractivity contribution >= 4 is 17.7 Å². The standard InChI is InChI=1S/C13H24N2OS/c1-6-8-11(16)15-12(10(7-2)9-14)17-13(3,4)5/h10,12H,6-8H2,1-5H3,(H,15,16)/t10-,12+/m0/s1. The molecule has 0 fully saturated rings. The highest BCUT2D eigenvalue weighted by atomic mass is 32.2. The molecule has 0 aromatic carbocycles. The van der Waals surface area contributed by atoms with Crippen LogP contribution >= 0.6 is 11.8 Å². The number of nitrogens with one attached hydrogen (secondary N) is 1. The molecule has 0 bridgehead atoms. The molecule has 0 aromatic heterocycles. The van der Waals surface area contributed by atoms with Crippen LogP contribution < -0.4 is 5.32 Å². The molecule has 0 saturated heterocycles. The highest BCUT2D eigenvalue weighted by Crippen LogP contribution is 2.31. The predicted octanol–water partition coefficient (Wildman–Crippen LogP) is 3.31. The van der Waals surface area contributed by atoms with E-state index in [4.69, 9.17) is 5.26 Å². The van der Waals surface area contributed by atoms with E-state index >= 15 is 0 Å². The first kappa shape index (κ1) is 16.3. The van der Waals surface area contributed by atoms with Gasteiger partial charge in [0.2, 0.25) is 5.91 Å². The Kier molecular flexibility index (Phi) is 7.29. The molecule has 0 aliphatic heterocycles. The maximum absolute atomic E-state index is 11.6. The minimum Gasteiger partial charge on any atom is -0.343 e. The first-order chi connectivity index (χ1) is 7.84. The molecular formula is C13H24N2OS. The fraction of sp³-hybridized carbons (Fsp3) is 0.846. The number of nitrogens with zero attached hydrogens (tertiary/aromatic N) is 1. The summed E-state index contributed by atoms with van der Waals surface area (Å²) in [7, 11) is 0. The van der Waals surface area contributed by atoms with Crippen LogP contribution in [-0.2, 0) is 4.79 Å². The molecule has 0 saturated carbocycles. The van der Waals surface area contributed by atoms with Gasteiger partial charge in [0, 0.05) is 11.2 Å². The minimum absolute atomic E-state index is 0.0361. The molecule has 0 radical (unpaired) electrons. The van der Waals surface area contributed by atoms with Crippen molar-refractivity contribution in [3.8, 4) is 6.07 Å². The summed E-state index contributed by atoms with van der Waals surface area (Å²) in [5, 5.41) is 12.0.